The van der Waals surface area contributed by atoms with Crippen LogP contribution in [0.15, 0.2) is 27.8 Å². The van der Waals surface area contributed by atoms with Gasteiger partial charge in [-0.1, -0.05) is 0 Å². The molecule has 1 amide bonds. The molecule has 0 aliphatic rings. The lowest BCUT2D eigenvalue weighted by atomic mass is 10.2. The standard InChI is InChI=1S/C13H15N5O5/c1-9(19)15-14-7-10-8-17(5-6-22-2)16-13(10)11-3-4-12(23-11)18(20)21/h3-4,7-8H,5-6H2,1-2H3,(H,15,19). The van der Waals surface area contributed by atoms with Crippen LogP contribution in [0.25, 0.3) is 11.5 Å². The van der Waals surface area contributed by atoms with Crippen LogP contribution in [0.5, 0.6) is 0 Å². The quantitative estimate of drug-likeness (QED) is 0.463. The van der Waals surface area contributed by atoms with Crippen LogP contribution in [0.3, 0.4) is 0 Å². The summed E-state index contributed by atoms with van der Waals surface area (Å²) in [6, 6.07) is 2.70. The van der Waals surface area contributed by atoms with E-state index in [0.29, 0.717) is 24.4 Å². The molecular formula is C13H15N5O5. The highest BCUT2D eigenvalue weighted by Crippen LogP contribution is 2.26. The van der Waals surface area contributed by atoms with Crippen molar-refractivity contribution in [3.63, 3.8) is 0 Å². The topological polar surface area (TPSA) is 125 Å². The molecule has 0 aliphatic carbocycles. The summed E-state index contributed by atoms with van der Waals surface area (Å²) in [4.78, 5) is 20.9. The Morgan fingerprint density at radius 3 is 3.00 bits per heavy atom. The minimum atomic E-state index is -0.628. The first kappa shape index (κ1) is 16.4. The second-order valence-electron chi connectivity index (χ2n) is 4.51. The predicted octanol–water partition coefficient (Wildman–Crippen LogP) is 1.17. The lowest BCUT2D eigenvalue weighted by molar-refractivity contribution is -0.401. The summed E-state index contributed by atoms with van der Waals surface area (Å²) in [5.74, 6) is -0.462. The summed E-state index contributed by atoms with van der Waals surface area (Å²) in [7, 11) is 1.57. The monoisotopic (exact) mass is 321 g/mol. The van der Waals surface area contributed by atoms with Crippen molar-refractivity contribution in [3.8, 4) is 11.5 Å². The zero-order chi connectivity index (χ0) is 16.8. The van der Waals surface area contributed by atoms with Crippen molar-refractivity contribution in [2.24, 2.45) is 5.10 Å². The average Bonchev–Trinajstić information content (AvgIpc) is 3.11. The fraction of sp³-hybridized carbons (Fsp3) is 0.308. The second kappa shape index (κ2) is 7.31. The van der Waals surface area contributed by atoms with Gasteiger partial charge in [-0.3, -0.25) is 19.6 Å². The van der Waals surface area contributed by atoms with Gasteiger partial charge in [-0.05, 0) is 6.07 Å². The number of methoxy groups -OCH3 is 1. The van der Waals surface area contributed by atoms with Gasteiger partial charge in [0.1, 0.15) is 10.6 Å². The van der Waals surface area contributed by atoms with Gasteiger partial charge in [0.25, 0.3) is 0 Å². The number of rotatable bonds is 7. The molecule has 0 radical (unpaired) electrons. The third kappa shape index (κ3) is 4.23. The zero-order valence-corrected chi connectivity index (χ0v) is 12.6. The fourth-order valence-corrected chi connectivity index (χ4v) is 1.77. The number of hydrogen-bond acceptors (Lipinski definition) is 7. The second-order valence-corrected chi connectivity index (χ2v) is 4.51. The number of hydrazone groups is 1. The number of ether oxygens (including phenoxy) is 1. The number of nitrogens with one attached hydrogen (secondary N) is 1. The molecule has 0 saturated heterocycles. The molecule has 10 heteroatoms. The van der Waals surface area contributed by atoms with Gasteiger partial charge in [-0.15, -0.1) is 0 Å². The summed E-state index contributed by atoms with van der Waals surface area (Å²) >= 11 is 0. The number of aromatic nitrogens is 2. The average molecular weight is 321 g/mol. The van der Waals surface area contributed by atoms with Crippen molar-refractivity contribution in [2.45, 2.75) is 13.5 Å². The smallest absolute Gasteiger partial charge is 0.399 e. The van der Waals surface area contributed by atoms with Crippen molar-refractivity contribution in [2.75, 3.05) is 13.7 Å². The minimum absolute atomic E-state index is 0.233. The van der Waals surface area contributed by atoms with Crippen molar-refractivity contribution in [1.82, 2.24) is 15.2 Å². The highest BCUT2D eigenvalue weighted by molar-refractivity contribution is 5.88. The Kier molecular flexibility index (Phi) is 5.20. The van der Waals surface area contributed by atoms with Crippen molar-refractivity contribution < 1.29 is 18.9 Å². The molecule has 0 aromatic carbocycles. The molecule has 0 fully saturated rings. The molecule has 10 nitrogen and oxygen atoms in total. The Bertz CT molecular complexity index is 733. The molecular weight excluding hydrogens is 306 g/mol. The molecule has 2 aromatic heterocycles. The Morgan fingerprint density at radius 1 is 1.61 bits per heavy atom. The van der Waals surface area contributed by atoms with E-state index in [-0.39, 0.29) is 17.6 Å². The molecule has 23 heavy (non-hydrogen) atoms. The van der Waals surface area contributed by atoms with Crippen LogP contribution in [-0.4, -0.2) is 40.5 Å². The predicted molar refractivity (Wildman–Crippen MR) is 79.9 cm³/mol. The van der Waals surface area contributed by atoms with Crippen LogP contribution in [0.1, 0.15) is 12.5 Å². The van der Waals surface area contributed by atoms with Gasteiger partial charge in [0.05, 0.1) is 25.4 Å². The van der Waals surface area contributed by atoms with Gasteiger partial charge in [0, 0.05) is 25.8 Å². The number of amides is 1. The van der Waals surface area contributed by atoms with Gasteiger partial charge in [-0.2, -0.15) is 10.2 Å². The van der Waals surface area contributed by atoms with E-state index in [2.05, 4.69) is 15.6 Å². The van der Waals surface area contributed by atoms with E-state index >= 15 is 0 Å². The highest BCUT2D eigenvalue weighted by Gasteiger charge is 2.18. The maximum absolute atomic E-state index is 10.9. The Hall–Kier alpha value is -3.01. The largest absolute Gasteiger partial charge is 0.433 e. The molecule has 0 unspecified atom stereocenters. The van der Waals surface area contributed by atoms with E-state index in [1.807, 2.05) is 0 Å². The molecule has 0 atom stereocenters. The van der Waals surface area contributed by atoms with Crippen LogP contribution in [0.2, 0.25) is 0 Å². The number of carbonyl (C=O) groups is 1. The Balaban J connectivity index is 2.33. The number of hydrogen-bond donors (Lipinski definition) is 1. The first-order valence-corrected chi connectivity index (χ1v) is 6.62. The molecule has 2 heterocycles. The van der Waals surface area contributed by atoms with Gasteiger partial charge in [-0.25, -0.2) is 5.43 Å². The lowest BCUT2D eigenvalue weighted by Gasteiger charge is -1.98. The van der Waals surface area contributed by atoms with Crippen LogP contribution in [0.4, 0.5) is 5.88 Å². The summed E-state index contributed by atoms with van der Waals surface area (Å²) in [6.45, 7) is 2.26. The van der Waals surface area contributed by atoms with E-state index in [0.717, 1.165) is 0 Å². The van der Waals surface area contributed by atoms with Gasteiger partial charge in [0.15, 0.2) is 5.76 Å². The first-order chi connectivity index (χ1) is 11.0. The van der Waals surface area contributed by atoms with Crippen molar-refractivity contribution >= 4 is 18.0 Å². The van der Waals surface area contributed by atoms with E-state index in [1.54, 1.807) is 18.0 Å². The molecule has 0 bridgehead atoms. The molecule has 1 N–H and O–H groups in total. The van der Waals surface area contributed by atoms with Gasteiger partial charge >= 0.3 is 5.88 Å². The van der Waals surface area contributed by atoms with Gasteiger partial charge < -0.3 is 9.15 Å². The first-order valence-electron chi connectivity index (χ1n) is 6.62. The van der Waals surface area contributed by atoms with Gasteiger partial charge in [0.2, 0.25) is 5.91 Å². The maximum atomic E-state index is 10.9. The summed E-state index contributed by atoms with van der Waals surface area (Å²) < 4.78 is 11.7. The molecule has 0 saturated carbocycles. The zero-order valence-electron chi connectivity index (χ0n) is 12.6. The molecule has 0 spiro atoms. The van der Waals surface area contributed by atoms with Crippen LogP contribution in [0, 0.1) is 10.1 Å². The van der Waals surface area contributed by atoms with E-state index < -0.39 is 4.92 Å². The third-order valence-corrected chi connectivity index (χ3v) is 2.75. The highest BCUT2D eigenvalue weighted by atomic mass is 16.6. The lowest BCUT2D eigenvalue weighted by Crippen LogP contribution is -2.12. The molecule has 2 rings (SSSR count). The Labute approximate surface area is 130 Å². The normalized spacial score (nSPS) is 11.0. The van der Waals surface area contributed by atoms with E-state index in [9.17, 15) is 14.9 Å². The fourth-order valence-electron chi connectivity index (χ4n) is 1.77. The molecule has 122 valence electrons. The van der Waals surface area contributed by atoms with Crippen LogP contribution >= 0.6 is 0 Å². The summed E-state index contributed by atoms with van der Waals surface area (Å²) in [5.41, 5.74) is 3.20. The van der Waals surface area contributed by atoms with Crippen molar-refractivity contribution in [3.05, 3.63) is 34.0 Å². The number of furan rings is 1. The minimum Gasteiger partial charge on any atom is -0.399 e. The van der Waals surface area contributed by atoms with Crippen LogP contribution in [-0.2, 0) is 16.1 Å². The molecule has 0 aliphatic heterocycles. The Morgan fingerprint density at radius 2 is 2.39 bits per heavy atom. The number of nitrogens with zero attached hydrogens (tertiary/aromatic N) is 4. The van der Waals surface area contributed by atoms with E-state index in [4.69, 9.17) is 9.15 Å². The molecule has 2 aromatic rings. The SMILES string of the molecule is COCCn1cc(C=NNC(C)=O)c(-c2ccc([N+](=O)[O-])o2)n1. The third-order valence-electron chi connectivity index (χ3n) is 2.75. The van der Waals surface area contributed by atoms with E-state index in [1.165, 1.54) is 25.3 Å². The van der Waals surface area contributed by atoms with Crippen LogP contribution < -0.4 is 5.43 Å². The maximum Gasteiger partial charge on any atom is 0.433 e. The number of nitro groups is 1. The van der Waals surface area contributed by atoms with Crippen molar-refractivity contribution in [1.29, 1.82) is 0 Å². The summed E-state index contributed by atoms with van der Waals surface area (Å²) in [5, 5.41) is 18.8. The summed E-state index contributed by atoms with van der Waals surface area (Å²) in [6.07, 6.45) is 3.06. The number of carbonyl (C=O) groups excluding carboxylic acids is 1.